The molecule has 1 heterocycles. The average Bonchev–Trinajstić information content (AvgIpc) is 3.57. The molecule has 0 bridgehead atoms. The zero-order chi connectivity index (χ0) is 18.8. The van der Waals surface area contributed by atoms with Crippen molar-refractivity contribution in [1.29, 1.82) is 0 Å². The third kappa shape index (κ3) is 4.50. The molecule has 2 aromatic rings. The number of thioether (sulfide) groups is 1. The quantitative estimate of drug-likeness (QED) is 0.666. The van der Waals surface area contributed by atoms with Crippen molar-refractivity contribution in [2.75, 3.05) is 12.3 Å². The maximum Gasteiger partial charge on any atom is 0.323 e. The van der Waals surface area contributed by atoms with E-state index in [0.717, 1.165) is 42.2 Å². The summed E-state index contributed by atoms with van der Waals surface area (Å²) in [5.41, 5.74) is 1.16. The third-order valence-electron chi connectivity index (χ3n) is 4.81. The molecule has 8 heteroatoms. The molecule has 2 fully saturated rings. The lowest BCUT2D eigenvalue weighted by Gasteiger charge is -2.19. The summed E-state index contributed by atoms with van der Waals surface area (Å²) in [6.07, 6.45) is 4.04. The van der Waals surface area contributed by atoms with Gasteiger partial charge in [0, 0.05) is 12.0 Å². The molecule has 0 radical (unpaired) electrons. The van der Waals surface area contributed by atoms with Crippen LogP contribution in [0.2, 0.25) is 0 Å². The standard InChI is InChI=1S/C19H22N4O3S/c24-16(22(11-17(25)26)15-8-9-15)12-27-19-21-20-18(14-6-7-14)23(19)10-13-4-2-1-3-5-13/h1-5,14-15H,6-12H2,(H,25,26). The summed E-state index contributed by atoms with van der Waals surface area (Å²) in [6, 6.07) is 10.2. The Hall–Kier alpha value is -2.35. The topological polar surface area (TPSA) is 88.3 Å². The fourth-order valence-corrected chi connectivity index (χ4v) is 3.96. The van der Waals surface area contributed by atoms with E-state index in [-0.39, 0.29) is 24.2 Å². The van der Waals surface area contributed by atoms with Gasteiger partial charge < -0.3 is 14.6 Å². The van der Waals surface area contributed by atoms with E-state index in [1.54, 1.807) is 0 Å². The van der Waals surface area contributed by atoms with Crippen molar-refractivity contribution in [3.05, 3.63) is 41.7 Å². The fraction of sp³-hybridized carbons (Fsp3) is 0.474. The van der Waals surface area contributed by atoms with E-state index in [0.29, 0.717) is 12.5 Å². The summed E-state index contributed by atoms with van der Waals surface area (Å²) >= 11 is 1.35. The molecule has 1 aromatic heterocycles. The number of hydrogen-bond acceptors (Lipinski definition) is 5. The molecule has 4 rings (SSSR count). The van der Waals surface area contributed by atoms with Gasteiger partial charge in [0.05, 0.1) is 12.3 Å². The molecule has 1 aromatic carbocycles. The Morgan fingerprint density at radius 1 is 1.15 bits per heavy atom. The summed E-state index contributed by atoms with van der Waals surface area (Å²) < 4.78 is 2.10. The van der Waals surface area contributed by atoms with Crippen molar-refractivity contribution in [2.45, 2.75) is 49.3 Å². The van der Waals surface area contributed by atoms with E-state index in [4.69, 9.17) is 5.11 Å². The number of nitrogens with zero attached hydrogens (tertiary/aromatic N) is 4. The summed E-state index contributed by atoms with van der Waals surface area (Å²) in [6.45, 7) is 0.450. The Kier molecular flexibility index (Phi) is 5.15. The summed E-state index contributed by atoms with van der Waals surface area (Å²) in [5, 5.41) is 18.5. The van der Waals surface area contributed by atoms with E-state index in [9.17, 15) is 9.59 Å². The minimum absolute atomic E-state index is 0.0819. The van der Waals surface area contributed by atoms with Gasteiger partial charge in [0.1, 0.15) is 12.4 Å². The Labute approximate surface area is 161 Å². The molecule has 0 atom stereocenters. The molecule has 0 saturated heterocycles. The van der Waals surface area contributed by atoms with E-state index in [2.05, 4.69) is 26.9 Å². The largest absolute Gasteiger partial charge is 0.480 e. The van der Waals surface area contributed by atoms with E-state index >= 15 is 0 Å². The molecule has 2 saturated carbocycles. The predicted octanol–water partition coefficient (Wildman–Crippen LogP) is 2.37. The highest BCUT2D eigenvalue weighted by molar-refractivity contribution is 7.99. The molecule has 1 N–H and O–H groups in total. The number of amides is 1. The molecule has 27 heavy (non-hydrogen) atoms. The number of carboxylic acids is 1. The molecule has 2 aliphatic carbocycles. The van der Waals surface area contributed by atoms with E-state index < -0.39 is 5.97 Å². The van der Waals surface area contributed by atoms with Gasteiger partial charge >= 0.3 is 5.97 Å². The SMILES string of the molecule is O=C(O)CN(C(=O)CSc1nnc(C2CC2)n1Cc1ccccc1)C1CC1. The van der Waals surface area contributed by atoms with Crippen molar-refractivity contribution in [1.82, 2.24) is 19.7 Å². The second kappa shape index (κ2) is 7.72. The van der Waals surface area contributed by atoms with Crippen LogP contribution in [-0.4, -0.2) is 55.0 Å². The average molecular weight is 386 g/mol. The van der Waals surface area contributed by atoms with Gasteiger partial charge in [-0.05, 0) is 31.2 Å². The Morgan fingerprint density at radius 2 is 1.89 bits per heavy atom. The Bertz CT molecular complexity index is 831. The predicted molar refractivity (Wildman–Crippen MR) is 101 cm³/mol. The minimum atomic E-state index is -0.969. The number of carbonyl (C=O) groups is 2. The number of carboxylic acid groups (broad SMARTS) is 1. The van der Waals surface area contributed by atoms with Gasteiger partial charge in [0.15, 0.2) is 5.16 Å². The molecule has 1 amide bonds. The summed E-state index contributed by atoms with van der Waals surface area (Å²) in [5.74, 6) is 0.511. The number of aliphatic carboxylic acids is 1. The summed E-state index contributed by atoms with van der Waals surface area (Å²) in [4.78, 5) is 25.1. The first-order valence-electron chi connectivity index (χ1n) is 9.23. The van der Waals surface area contributed by atoms with Crippen molar-refractivity contribution in [3.8, 4) is 0 Å². The van der Waals surface area contributed by atoms with Crippen LogP contribution in [0, 0.1) is 0 Å². The maximum absolute atomic E-state index is 12.5. The van der Waals surface area contributed by atoms with Gasteiger partial charge in [0.25, 0.3) is 0 Å². The van der Waals surface area contributed by atoms with Crippen LogP contribution in [0.25, 0.3) is 0 Å². The monoisotopic (exact) mass is 386 g/mol. The Morgan fingerprint density at radius 3 is 2.52 bits per heavy atom. The number of aromatic nitrogens is 3. The van der Waals surface area contributed by atoms with Crippen molar-refractivity contribution in [3.63, 3.8) is 0 Å². The van der Waals surface area contributed by atoms with Crippen LogP contribution in [0.1, 0.15) is 43.0 Å². The van der Waals surface area contributed by atoms with Gasteiger partial charge in [-0.15, -0.1) is 10.2 Å². The molecular formula is C19H22N4O3S. The third-order valence-corrected chi connectivity index (χ3v) is 5.76. The molecule has 0 spiro atoms. The van der Waals surface area contributed by atoms with Crippen LogP contribution >= 0.6 is 11.8 Å². The first-order chi connectivity index (χ1) is 13.1. The van der Waals surface area contributed by atoms with E-state index in [1.807, 2.05) is 18.2 Å². The first kappa shape index (κ1) is 18.0. The number of rotatable bonds is 9. The van der Waals surface area contributed by atoms with Crippen LogP contribution in [0.3, 0.4) is 0 Å². The number of carbonyl (C=O) groups excluding carboxylic acids is 1. The van der Waals surface area contributed by atoms with Crippen LogP contribution in [-0.2, 0) is 16.1 Å². The van der Waals surface area contributed by atoms with Gasteiger partial charge in [-0.2, -0.15) is 0 Å². The second-order valence-electron chi connectivity index (χ2n) is 7.12. The molecule has 0 unspecified atom stereocenters. The Balaban J connectivity index is 1.46. The highest BCUT2D eigenvalue weighted by Crippen LogP contribution is 2.40. The van der Waals surface area contributed by atoms with Gasteiger partial charge in [-0.25, -0.2) is 0 Å². The van der Waals surface area contributed by atoms with Gasteiger partial charge in [-0.1, -0.05) is 42.1 Å². The van der Waals surface area contributed by atoms with Crippen LogP contribution in [0.4, 0.5) is 0 Å². The second-order valence-corrected chi connectivity index (χ2v) is 8.06. The highest BCUT2D eigenvalue weighted by Gasteiger charge is 2.34. The van der Waals surface area contributed by atoms with E-state index in [1.165, 1.54) is 16.7 Å². The molecule has 142 valence electrons. The van der Waals surface area contributed by atoms with Gasteiger partial charge in [-0.3, -0.25) is 9.59 Å². The fourth-order valence-electron chi connectivity index (χ4n) is 3.13. The normalized spacial score (nSPS) is 16.3. The van der Waals surface area contributed by atoms with Crippen molar-refractivity contribution >= 4 is 23.6 Å². The number of hydrogen-bond donors (Lipinski definition) is 1. The lowest BCUT2D eigenvalue weighted by atomic mass is 10.2. The lowest BCUT2D eigenvalue weighted by molar-refractivity contribution is -0.143. The van der Waals surface area contributed by atoms with Gasteiger partial charge in [0.2, 0.25) is 5.91 Å². The highest BCUT2D eigenvalue weighted by atomic mass is 32.2. The zero-order valence-electron chi connectivity index (χ0n) is 15.0. The van der Waals surface area contributed by atoms with Crippen LogP contribution in [0.5, 0.6) is 0 Å². The van der Waals surface area contributed by atoms with Crippen LogP contribution in [0.15, 0.2) is 35.5 Å². The smallest absolute Gasteiger partial charge is 0.323 e. The lowest BCUT2D eigenvalue weighted by Crippen LogP contribution is -2.38. The molecule has 7 nitrogen and oxygen atoms in total. The molecule has 0 aliphatic heterocycles. The van der Waals surface area contributed by atoms with Crippen LogP contribution < -0.4 is 0 Å². The van der Waals surface area contributed by atoms with Crippen molar-refractivity contribution in [2.24, 2.45) is 0 Å². The zero-order valence-corrected chi connectivity index (χ0v) is 15.8. The maximum atomic E-state index is 12.5. The first-order valence-corrected chi connectivity index (χ1v) is 10.2. The minimum Gasteiger partial charge on any atom is -0.480 e. The molecular weight excluding hydrogens is 364 g/mol. The molecule has 2 aliphatic rings. The number of benzene rings is 1. The van der Waals surface area contributed by atoms with Crippen molar-refractivity contribution < 1.29 is 14.7 Å². The summed E-state index contributed by atoms with van der Waals surface area (Å²) in [7, 11) is 0.